The zero-order valence-corrected chi connectivity index (χ0v) is 74.7. The van der Waals surface area contributed by atoms with Crippen LogP contribution in [0, 0.1) is 0 Å². The fraction of sp³-hybridized carbons (Fsp3) is 0.0551. The van der Waals surface area contributed by atoms with Gasteiger partial charge in [-0.15, -0.1) is 0 Å². The van der Waals surface area contributed by atoms with Gasteiger partial charge in [-0.25, -0.2) is 0 Å². The summed E-state index contributed by atoms with van der Waals surface area (Å²) in [4.78, 5) is 2.42. The summed E-state index contributed by atoms with van der Waals surface area (Å²) in [5.41, 5.74) is 33.1. The molecule has 628 valence electrons. The number of hydrogen-bond acceptors (Lipinski definition) is 2. The van der Waals surface area contributed by atoms with E-state index in [9.17, 15) is 0 Å². The predicted molar refractivity (Wildman–Crippen MR) is 569 cm³/mol. The number of anilines is 5. The quantitative estimate of drug-likeness (QED) is 0.131. The highest BCUT2D eigenvalue weighted by molar-refractivity contribution is 9.10. The molecule has 132 heavy (non-hydrogen) atoms. The minimum absolute atomic E-state index is 0. The summed E-state index contributed by atoms with van der Waals surface area (Å²) in [7, 11) is 0. The van der Waals surface area contributed by atoms with Crippen LogP contribution < -0.4 is 10.2 Å². The van der Waals surface area contributed by atoms with E-state index in [-0.39, 0.29) is 18.3 Å². The van der Waals surface area contributed by atoms with Gasteiger partial charge in [-0.3, -0.25) is 0 Å². The van der Waals surface area contributed by atoms with E-state index in [0.29, 0.717) is 0 Å². The van der Waals surface area contributed by atoms with Crippen molar-refractivity contribution in [1.82, 2.24) is 9.13 Å². The molecule has 26 rings (SSSR count). The molecule has 4 nitrogen and oxygen atoms in total. The number of halogens is 1. The van der Waals surface area contributed by atoms with Crippen LogP contribution in [0.1, 0.15) is 57.4 Å². The summed E-state index contributed by atoms with van der Waals surface area (Å²) in [5.74, 6) is 0. The van der Waals surface area contributed by atoms with Gasteiger partial charge in [-0.1, -0.05) is 354 Å². The average Bonchev–Trinajstić information content (AvgIpc) is 1.54. The lowest BCUT2D eigenvalue weighted by Gasteiger charge is -2.28. The molecule has 0 bridgehead atoms. The van der Waals surface area contributed by atoms with Crippen LogP contribution in [0.3, 0.4) is 0 Å². The Bertz CT molecular complexity index is 8630. The maximum absolute atomic E-state index is 3.67. The molecule has 22 aromatic carbocycles. The second-order valence-electron chi connectivity index (χ2n) is 36.0. The lowest BCUT2D eigenvalue weighted by molar-refractivity contribution is 0.661. The molecular weight excluding hydrogens is 1660 g/mol. The van der Waals surface area contributed by atoms with Crippen molar-refractivity contribution in [2.24, 2.45) is 0 Å². The van der Waals surface area contributed by atoms with Crippen LogP contribution in [0.4, 0.5) is 28.4 Å². The number of fused-ring (bicyclic) bond motifs is 24. The molecule has 0 saturated heterocycles. The molecule has 5 heteroatoms. The lowest BCUT2D eigenvalue weighted by atomic mass is 9.81. The van der Waals surface area contributed by atoms with Crippen LogP contribution in [0.25, 0.3) is 186 Å². The van der Waals surface area contributed by atoms with E-state index in [0.717, 1.165) is 32.9 Å². The summed E-state index contributed by atoms with van der Waals surface area (Å²) in [6.07, 6.45) is 0. The third-order valence-electron chi connectivity index (χ3n) is 27.8. The van der Waals surface area contributed by atoms with Crippen molar-refractivity contribution in [3.05, 3.63) is 488 Å². The number of nitrogens with zero attached hydrogens (tertiary/aromatic N) is 3. The molecule has 0 amide bonds. The van der Waals surface area contributed by atoms with Crippen molar-refractivity contribution >= 4 is 153 Å². The van der Waals surface area contributed by atoms with Crippen molar-refractivity contribution in [2.45, 2.75) is 46.0 Å². The third-order valence-corrected chi connectivity index (χ3v) is 28.3. The molecule has 0 saturated carbocycles. The number of rotatable bonds is 11. The van der Waals surface area contributed by atoms with Gasteiger partial charge in [0, 0.05) is 76.7 Å². The topological polar surface area (TPSA) is 25.1 Å². The third kappa shape index (κ3) is 13.7. The monoisotopic (exact) mass is 1750 g/mol. The fourth-order valence-corrected chi connectivity index (χ4v) is 21.7. The minimum Gasteiger partial charge on any atom is -0.356 e. The Labute approximate surface area is 778 Å². The zero-order chi connectivity index (χ0) is 87.6. The number of benzene rings is 22. The minimum atomic E-state index is -0.212. The maximum atomic E-state index is 3.67. The summed E-state index contributed by atoms with van der Waals surface area (Å²) >= 11 is 3.67. The standard InChI is InChI=1S/C63H44N2.C36H26N2.C27H19Br.CH4/c1-63(2)59-38-48(34-35-53(59)57-39-55-51-21-11-9-19-49(51)50-20-10-12-22-52(50)56(55)40-60(57)63)64(46-30-25-42(26-31-46)41-15-5-3-6-16-41)47-32-27-43(28-33-47)44-29-36-62-58(37-44)54-23-13-14-24-61(54)65(62)45-17-7-4-8-18-45;1-3-9-26(10-4-1)27-15-20-30(21-16-27)37-31-22-17-28(18-23-31)29-19-24-36-34(25-29)33-13-7-8-14-35(33)38(36)32-11-5-2-6-12-32;1-27(2)25-13-16(28)11-12-21(25)24-14-22-19-9-5-3-7-17(19)18-8-4-6-10-20(18)23(22)15-26(24)27;/h3-40H,1-2H3;1-25,37H;3-15H,1-2H3;1H4. The van der Waals surface area contributed by atoms with Crippen LogP contribution in [-0.4, -0.2) is 9.13 Å². The maximum Gasteiger partial charge on any atom is 0.0541 e. The number of para-hydroxylation sites is 4. The van der Waals surface area contributed by atoms with E-state index in [4.69, 9.17) is 0 Å². The van der Waals surface area contributed by atoms with Gasteiger partial charge < -0.3 is 19.4 Å². The molecule has 2 aromatic heterocycles. The van der Waals surface area contributed by atoms with E-state index < -0.39 is 0 Å². The van der Waals surface area contributed by atoms with Gasteiger partial charge in [-0.2, -0.15) is 0 Å². The Kier molecular flexibility index (Phi) is 20.0. The number of hydrogen-bond donors (Lipinski definition) is 1. The molecule has 2 aliphatic rings. The van der Waals surface area contributed by atoms with Crippen molar-refractivity contribution in [3.63, 3.8) is 0 Å². The highest BCUT2D eigenvalue weighted by Crippen LogP contribution is 2.56. The Morgan fingerprint density at radius 3 is 0.864 bits per heavy atom. The van der Waals surface area contributed by atoms with Crippen LogP contribution in [0.15, 0.2) is 466 Å². The van der Waals surface area contributed by atoms with Crippen LogP contribution in [0.5, 0.6) is 0 Å². The van der Waals surface area contributed by atoms with Gasteiger partial charge in [-0.05, 0) is 311 Å². The molecule has 2 aliphatic carbocycles. The molecule has 2 heterocycles. The van der Waals surface area contributed by atoms with Gasteiger partial charge >= 0.3 is 0 Å². The first kappa shape index (κ1) is 80.6. The van der Waals surface area contributed by atoms with E-state index in [1.54, 1.807) is 0 Å². The van der Waals surface area contributed by atoms with Crippen molar-refractivity contribution in [2.75, 3.05) is 10.2 Å². The van der Waals surface area contributed by atoms with Gasteiger partial charge in [0.2, 0.25) is 0 Å². The fourth-order valence-electron chi connectivity index (χ4n) is 21.4. The van der Waals surface area contributed by atoms with Gasteiger partial charge in [0.15, 0.2) is 0 Å². The molecule has 0 unspecified atom stereocenters. The second kappa shape index (κ2) is 32.7. The van der Waals surface area contributed by atoms with E-state index in [1.807, 2.05) is 6.07 Å². The molecule has 0 spiro atoms. The van der Waals surface area contributed by atoms with Gasteiger partial charge in [0.1, 0.15) is 0 Å². The molecule has 0 atom stereocenters. The predicted octanol–water partition coefficient (Wildman–Crippen LogP) is 36.1. The Morgan fingerprint density at radius 2 is 0.477 bits per heavy atom. The molecule has 0 fully saturated rings. The largest absolute Gasteiger partial charge is 0.356 e. The molecule has 24 aromatic rings. The Hall–Kier alpha value is -15.9. The summed E-state index contributed by atoms with van der Waals surface area (Å²) in [6.45, 7) is 9.50. The normalized spacial score (nSPS) is 12.6. The summed E-state index contributed by atoms with van der Waals surface area (Å²) < 4.78 is 5.87. The highest BCUT2D eigenvalue weighted by atomic mass is 79.9. The van der Waals surface area contributed by atoms with Gasteiger partial charge in [0.05, 0.1) is 22.1 Å². The second-order valence-corrected chi connectivity index (χ2v) is 36.9. The SMILES string of the molecule is C.CC1(C)c2cc(Br)ccc2-c2cc3c4ccccc4c4ccccc4c3cc21.CC1(C)c2cc(N(c3ccc(-c4ccccc4)cc3)c3ccc(-c4ccc5c(c4)c4ccccc4n5-c4ccccc4)cc3)ccc2-c2cc3c4ccccc4c4ccccc4c3cc21.c1ccc(-c2ccc(Nc3ccc(-c4ccc5c(c4)c4ccccc4n5-c4ccccc4)cc3)cc2)cc1. The Balaban J connectivity index is 0.000000124. The number of nitrogens with one attached hydrogen (secondary N) is 1. The first-order chi connectivity index (χ1) is 64.4. The smallest absolute Gasteiger partial charge is 0.0541 e. The number of aromatic nitrogens is 2. The molecular formula is C127H93BrN4. The van der Waals surface area contributed by atoms with Crippen LogP contribution >= 0.6 is 15.9 Å². The van der Waals surface area contributed by atoms with E-state index in [1.165, 1.54) is 209 Å². The highest BCUT2D eigenvalue weighted by Gasteiger charge is 2.39. The average molecular weight is 1760 g/mol. The van der Waals surface area contributed by atoms with Crippen molar-refractivity contribution in [1.29, 1.82) is 0 Å². The zero-order valence-electron chi connectivity index (χ0n) is 73.1. The Morgan fingerprint density at radius 1 is 0.205 bits per heavy atom. The van der Waals surface area contributed by atoms with Crippen LogP contribution in [-0.2, 0) is 10.8 Å². The van der Waals surface area contributed by atoms with Crippen LogP contribution in [0.2, 0.25) is 0 Å². The summed E-state index contributed by atoms with van der Waals surface area (Å²) in [6, 6.07) is 168. The summed E-state index contributed by atoms with van der Waals surface area (Å²) in [5, 5.41) is 24.5. The van der Waals surface area contributed by atoms with Crippen molar-refractivity contribution < 1.29 is 0 Å². The first-order valence-corrected chi connectivity index (χ1v) is 46.1. The van der Waals surface area contributed by atoms with Crippen molar-refractivity contribution in [3.8, 4) is 78.1 Å². The molecule has 1 N–H and O–H groups in total. The van der Waals surface area contributed by atoms with E-state index >= 15 is 0 Å². The molecule has 0 aliphatic heterocycles. The molecule has 0 radical (unpaired) electrons. The van der Waals surface area contributed by atoms with Gasteiger partial charge in [0.25, 0.3) is 0 Å². The van der Waals surface area contributed by atoms with E-state index in [2.05, 4.69) is 518 Å². The first-order valence-electron chi connectivity index (χ1n) is 45.4. The lowest BCUT2D eigenvalue weighted by Crippen LogP contribution is -2.16.